The molecule has 0 bridgehead atoms. The SMILES string of the molecule is CC(Cc1ccc(NC(=O)CCc2cc(F)ccc2F)cc1)C(=O)O. The van der Waals surface area contributed by atoms with E-state index in [1.165, 1.54) is 0 Å². The Labute approximate surface area is 144 Å². The lowest BCUT2D eigenvalue weighted by molar-refractivity contribution is -0.141. The van der Waals surface area contributed by atoms with Crippen molar-refractivity contribution in [2.45, 2.75) is 26.2 Å². The van der Waals surface area contributed by atoms with Crippen LogP contribution in [0.4, 0.5) is 14.5 Å². The van der Waals surface area contributed by atoms with Gasteiger partial charge >= 0.3 is 5.97 Å². The maximum absolute atomic E-state index is 13.5. The number of carboxylic acid groups (broad SMARTS) is 1. The smallest absolute Gasteiger partial charge is 0.306 e. The number of hydrogen-bond acceptors (Lipinski definition) is 2. The van der Waals surface area contributed by atoms with E-state index in [9.17, 15) is 18.4 Å². The number of rotatable bonds is 7. The maximum Gasteiger partial charge on any atom is 0.306 e. The predicted molar refractivity (Wildman–Crippen MR) is 90.3 cm³/mol. The van der Waals surface area contributed by atoms with E-state index < -0.39 is 23.5 Å². The Balaban J connectivity index is 1.88. The Kier molecular flexibility index (Phi) is 6.22. The number of amides is 1. The van der Waals surface area contributed by atoms with Crippen LogP contribution in [0.25, 0.3) is 0 Å². The summed E-state index contributed by atoms with van der Waals surface area (Å²) in [7, 11) is 0. The first-order valence-electron chi connectivity index (χ1n) is 7.90. The fourth-order valence-corrected chi connectivity index (χ4v) is 2.37. The topological polar surface area (TPSA) is 66.4 Å². The van der Waals surface area contributed by atoms with E-state index >= 15 is 0 Å². The number of benzene rings is 2. The number of anilines is 1. The number of carbonyl (C=O) groups excluding carboxylic acids is 1. The Bertz CT molecular complexity index is 760. The molecule has 0 aromatic heterocycles. The van der Waals surface area contributed by atoms with E-state index in [0.717, 1.165) is 23.8 Å². The normalized spacial score (nSPS) is 11.8. The molecule has 2 rings (SSSR count). The van der Waals surface area contributed by atoms with Crippen LogP contribution < -0.4 is 5.32 Å². The van der Waals surface area contributed by atoms with Gasteiger partial charge in [-0.05, 0) is 54.3 Å². The van der Waals surface area contributed by atoms with Crippen molar-refractivity contribution in [3.63, 3.8) is 0 Å². The van der Waals surface area contributed by atoms with Crippen LogP contribution in [0.15, 0.2) is 42.5 Å². The standard InChI is InChI=1S/C19H19F2NO3/c1-12(19(24)25)10-13-2-6-16(7-3-13)22-18(23)9-4-14-11-15(20)5-8-17(14)21/h2-3,5-8,11-12H,4,9-10H2,1H3,(H,22,23)(H,24,25). The third-order valence-corrected chi connectivity index (χ3v) is 3.83. The largest absolute Gasteiger partial charge is 0.481 e. The summed E-state index contributed by atoms with van der Waals surface area (Å²) in [4.78, 5) is 22.8. The summed E-state index contributed by atoms with van der Waals surface area (Å²) in [6.07, 6.45) is 0.532. The van der Waals surface area contributed by atoms with Crippen LogP contribution in [0.5, 0.6) is 0 Å². The molecule has 0 radical (unpaired) electrons. The van der Waals surface area contributed by atoms with E-state index in [2.05, 4.69) is 5.32 Å². The average molecular weight is 347 g/mol. The van der Waals surface area contributed by atoms with Crippen LogP contribution in [0, 0.1) is 17.6 Å². The molecule has 4 nitrogen and oxygen atoms in total. The molecule has 0 saturated carbocycles. The van der Waals surface area contributed by atoms with Crippen molar-refractivity contribution >= 4 is 17.6 Å². The summed E-state index contributed by atoms with van der Waals surface area (Å²) in [6, 6.07) is 10.0. The first-order chi connectivity index (χ1) is 11.8. The van der Waals surface area contributed by atoms with E-state index in [4.69, 9.17) is 5.11 Å². The summed E-state index contributed by atoms with van der Waals surface area (Å²) < 4.78 is 26.6. The molecule has 0 aliphatic heterocycles. The first kappa shape index (κ1) is 18.6. The van der Waals surface area contributed by atoms with Crippen molar-refractivity contribution in [2.75, 3.05) is 5.32 Å². The molecule has 0 heterocycles. The second kappa shape index (κ2) is 8.37. The molecular formula is C19H19F2NO3. The number of hydrogen-bond donors (Lipinski definition) is 2. The molecule has 0 aliphatic carbocycles. The number of carboxylic acids is 1. The van der Waals surface area contributed by atoms with Gasteiger partial charge in [0, 0.05) is 12.1 Å². The molecular weight excluding hydrogens is 328 g/mol. The number of aryl methyl sites for hydroxylation is 1. The predicted octanol–water partition coefficient (Wildman–Crippen LogP) is 3.80. The highest BCUT2D eigenvalue weighted by atomic mass is 19.1. The van der Waals surface area contributed by atoms with Gasteiger partial charge in [0.1, 0.15) is 11.6 Å². The highest BCUT2D eigenvalue weighted by molar-refractivity contribution is 5.90. The highest BCUT2D eigenvalue weighted by Crippen LogP contribution is 2.15. The third-order valence-electron chi connectivity index (χ3n) is 3.83. The van der Waals surface area contributed by atoms with Gasteiger partial charge in [-0.25, -0.2) is 8.78 Å². The van der Waals surface area contributed by atoms with Gasteiger partial charge in [0.05, 0.1) is 5.92 Å². The molecule has 6 heteroatoms. The lowest BCUT2D eigenvalue weighted by Crippen LogP contribution is -2.13. The minimum Gasteiger partial charge on any atom is -0.481 e. The zero-order valence-electron chi connectivity index (χ0n) is 13.8. The number of carbonyl (C=O) groups is 2. The van der Waals surface area contributed by atoms with Crippen LogP contribution in [-0.2, 0) is 22.4 Å². The lowest BCUT2D eigenvalue weighted by atomic mass is 10.0. The molecule has 2 N–H and O–H groups in total. The van der Waals surface area contributed by atoms with Gasteiger partial charge in [0.15, 0.2) is 0 Å². The molecule has 0 fully saturated rings. The molecule has 132 valence electrons. The molecule has 1 atom stereocenters. The van der Waals surface area contributed by atoms with Crippen LogP contribution in [0.1, 0.15) is 24.5 Å². The van der Waals surface area contributed by atoms with Crippen LogP contribution in [0.3, 0.4) is 0 Å². The van der Waals surface area contributed by atoms with Crippen molar-refractivity contribution < 1.29 is 23.5 Å². The molecule has 0 saturated heterocycles. The molecule has 25 heavy (non-hydrogen) atoms. The molecule has 2 aromatic carbocycles. The Morgan fingerprint density at radius 1 is 1.12 bits per heavy atom. The van der Waals surface area contributed by atoms with Gasteiger partial charge in [-0.15, -0.1) is 0 Å². The fraction of sp³-hybridized carbons (Fsp3) is 0.263. The molecule has 1 amide bonds. The third kappa shape index (κ3) is 5.67. The second-order valence-electron chi connectivity index (χ2n) is 5.92. The fourth-order valence-electron chi connectivity index (χ4n) is 2.37. The quantitative estimate of drug-likeness (QED) is 0.801. The number of nitrogens with one attached hydrogen (secondary N) is 1. The molecule has 2 aromatic rings. The number of halogens is 2. The van der Waals surface area contributed by atoms with Gasteiger partial charge in [-0.1, -0.05) is 19.1 Å². The summed E-state index contributed by atoms with van der Waals surface area (Å²) >= 11 is 0. The van der Waals surface area contributed by atoms with Gasteiger partial charge < -0.3 is 10.4 Å². The average Bonchev–Trinajstić information content (AvgIpc) is 2.57. The summed E-state index contributed by atoms with van der Waals surface area (Å²) in [6.45, 7) is 1.63. The molecule has 1 unspecified atom stereocenters. The Morgan fingerprint density at radius 2 is 1.80 bits per heavy atom. The van der Waals surface area contributed by atoms with Crippen LogP contribution >= 0.6 is 0 Å². The maximum atomic E-state index is 13.5. The van der Waals surface area contributed by atoms with Gasteiger partial charge in [-0.2, -0.15) is 0 Å². The van der Waals surface area contributed by atoms with Crippen molar-refractivity contribution in [2.24, 2.45) is 5.92 Å². The molecule has 0 spiro atoms. The van der Waals surface area contributed by atoms with Crippen molar-refractivity contribution in [1.82, 2.24) is 0 Å². The van der Waals surface area contributed by atoms with Crippen LogP contribution in [0.2, 0.25) is 0 Å². The molecule has 0 aliphatic rings. The minimum absolute atomic E-state index is 0.0260. The van der Waals surface area contributed by atoms with Crippen molar-refractivity contribution in [3.8, 4) is 0 Å². The zero-order valence-corrected chi connectivity index (χ0v) is 13.8. The second-order valence-corrected chi connectivity index (χ2v) is 5.92. The minimum atomic E-state index is -0.859. The van der Waals surface area contributed by atoms with Crippen LogP contribution in [-0.4, -0.2) is 17.0 Å². The van der Waals surface area contributed by atoms with E-state index in [0.29, 0.717) is 12.1 Å². The summed E-state index contributed by atoms with van der Waals surface area (Å²) in [5.41, 5.74) is 1.58. The Hall–Kier alpha value is -2.76. The highest BCUT2D eigenvalue weighted by Gasteiger charge is 2.12. The van der Waals surface area contributed by atoms with Crippen molar-refractivity contribution in [1.29, 1.82) is 0 Å². The van der Waals surface area contributed by atoms with Crippen molar-refractivity contribution in [3.05, 3.63) is 65.2 Å². The lowest BCUT2D eigenvalue weighted by Gasteiger charge is -2.09. The monoisotopic (exact) mass is 347 g/mol. The summed E-state index contributed by atoms with van der Waals surface area (Å²) in [5, 5.41) is 11.6. The van der Waals surface area contributed by atoms with E-state index in [1.54, 1.807) is 31.2 Å². The van der Waals surface area contributed by atoms with E-state index in [1.807, 2.05) is 0 Å². The first-order valence-corrected chi connectivity index (χ1v) is 7.90. The number of aliphatic carboxylic acids is 1. The Morgan fingerprint density at radius 3 is 2.44 bits per heavy atom. The van der Waals surface area contributed by atoms with E-state index in [-0.39, 0.29) is 24.3 Å². The zero-order chi connectivity index (χ0) is 18.4. The van der Waals surface area contributed by atoms with Gasteiger partial charge in [-0.3, -0.25) is 9.59 Å². The van der Waals surface area contributed by atoms with Gasteiger partial charge in [0.25, 0.3) is 0 Å². The van der Waals surface area contributed by atoms with Gasteiger partial charge in [0.2, 0.25) is 5.91 Å². The summed E-state index contributed by atoms with van der Waals surface area (Å²) in [5.74, 6) is -2.73.